The standard InChI is InChI=1S/C10H15N3OS/c1-15-10-4-9(12-7-13-10)14-6-8-2-3-11-5-8/h4,7-8,11H,2-3,5-6H2,1H3. The highest BCUT2D eigenvalue weighted by molar-refractivity contribution is 7.98. The molecule has 1 saturated heterocycles. The Balaban J connectivity index is 1.86. The van der Waals surface area contributed by atoms with Gasteiger partial charge in [0.2, 0.25) is 5.88 Å². The third kappa shape index (κ3) is 3.07. The van der Waals surface area contributed by atoms with Gasteiger partial charge in [-0.25, -0.2) is 9.97 Å². The molecule has 0 spiro atoms. The lowest BCUT2D eigenvalue weighted by Gasteiger charge is -2.09. The van der Waals surface area contributed by atoms with Crippen LogP contribution in [0.5, 0.6) is 5.88 Å². The molecular formula is C10H15N3OS. The van der Waals surface area contributed by atoms with Crippen molar-refractivity contribution in [2.75, 3.05) is 26.0 Å². The molecule has 1 aliphatic rings. The molecule has 1 fully saturated rings. The Labute approximate surface area is 93.8 Å². The maximum absolute atomic E-state index is 5.63. The van der Waals surface area contributed by atoms with Crippen LogP contribution in [0.1, 0.15) is 6.42 Å². The van der Waals surface area contributed by atoms with Crippen molar-refractivity contribution >= 4 is 11.8 Å². The van der Waals surface area contributed by atoms with Gasteiger partial charge in [0.15, 0.2) is 0 Å². The van der Waals surface area contributed by atoms with Gasteiger partial charge in [0.25, 0.3) is 0 Å². The molecule has 1 aliphatic heterocycles. The van der Waals surface area contributed by atoms with Crippen LogP contribution in [0.25, 0.3) is 0 Å². The van der Waals surface area contributed by atoms with Crippen molar-refractivity contribution in [3.8, 4) is 5.88 Å². The minimum absolute atomic E-state index is 0.623. The second-order valence-corrected chi connectivity index (χ2v) is 4.39. The molecule has 0 radical (unpaired) electrons. The zero-order chi connectivity index (χ0) is 10.5. The Morgan fingerprint density at radius 2 is 2.53 bits per heavy atom. The van der Waals surface area contributed by atoms with E-state index in [0.29, 0.717) is 11.8 Å². The van der Waals surface area contributed by atoms with Crippen LogP contribution in [0.2, 0.25) is 0 Å². The summed E-state index contributed by atoms with van der Waals surface area (Å²) in [5.74, 6) is 1.30. The predicted molar refractivity (Wildman–Crippen MR) is 60.3 cm³/mol. The average Bonchev–Trinajstić information content (AvgIpc) is 2.79. The van der Waals surface area contributed by atoms with E-state index in [2.05, 4.69) is 15.3 Å². The van der Waals surface area contributed by atoms with Crippen LogP contribution < -0.4 is 10.1 Å². The van der Waals surface area contributed by atoms with E-state index in [1.54, 1.807) is 18.1 Å². The molecule has 0 bridgehead atoms. The fraction of sp³-hybridized carbons (Fsp3) is 0.600. The van der Waals surface area contributed by atoms with Crippen molar-refractivity contribution in [2.45, 2.75) is 11.4 Å². The van der Waals surface area contributed by atoms with Crippen LogP contribution in [0.3, 0.4) is 0 Å². The van der Waals surface area contributed by atoms with E-state index in [9.17, 15) is 0 Å². The molecular weight excluding hydrogens is 210 g/mol. The molecule has 82 valence electrons. The molecule has 1 aromatic heterocycles. The van der Waals surface area contributed by atoms with E-state index in [1.165, 1.54) is 6.42 Å². The molecule has 2 heterocycles. The summed E-state index contributed by atoms with van der Waals surface area (Å²) >= 11 is 1.60. The number of hydrogen-bond donors (Lipinski definition) is 1. The summed E-state index contributed by atoms with van der Waals surface area (Å²) in [6, 6.07) is 1.88. The topological polar surface area (TPSA) is 47.0 Å². The van der Waals surface area contributed by atoms with Gasteiger partial charge in [0, 0.05) is 18.5 Å². The van der Waals surface area contributed by atoms with Crippen LogP contribution in [-0.4, -0.2) is 35.9 Å². The highest BCUT2D eigenvalue weighted by Crippen LogP contribution is 2.16. The van der Waals surface area contributed by atoms with Gasteiger partial charge < -0.3 is 10.1 Å². The molecule has 0 amide bonds. The highest BCUT2D eigenvalue weighted by Gasteiger charge is 2.15. The van der Waals surface area contributed by atoms with Crippen LogP contribution in [-0.2, 0) is 0 Å². The van der Waals surface area contributed by atoms with E-state index in [4.69, 9.17) is 4.74 Å². The highest BCUT2D eigenvalue weighted by atomic mass is 32.2. The lowest BCUT2D eigenvalue weighted by atomic mass is 10.1. The lowest BCUT2D eigenvalue weighted by molar-refractivity contribution is 0.250. The van der Waals surface area contributed by atoms with Crippen LogP contribution in [0.4, 0.5) is 0 Å². The summed E-state index contributed by atoms with van der Waals surface area (Å²) < 4.78 is 5.63. The monoisotopic (exact) mass is 225 g/mol. The lowest BCUT2D eigenvalue weighted by Crippen LogP contribution is -2.15. The Morgan fingerprint density at radius 3 is 3.27 bits per heavy atom. The Bertz CT molecular complexity index is 315. The SMILES string of the molecule is CSc1cc(OCC2CCNC2)ncn1. The van der Waals surface area contributed by atoms with E-state index in [1.807, 2.05) is 12.3 Å². The van der Waals surface area contributed by atoms with Crippen molar-refractivity contribution in [3.05, 3.63) is 12.4 Å². The zero-order valence-electron chi connectivity index (χ0n) is 8.77. The van der Waals surface area contributed by atoms with Crippen LogP contribution >= 0.6 is 11.8 Å². The van der Waals surface area contributed by atoms with Gasteiger partial charge in [-0.05, 0) is 19.2 Å². The molecule has 1 atom stereocenters. The second-order valence-electron chi connectivity index (χ2n) is 3.57. The van der Waals surface area contributed by atoms with E-state index < -0.39 is 0 Å². The molecule has 5 heteroatoms. The predicted octanol–water partition coefficient (Wildman–Crippen LogP) is 1.19. The van der Waals surface area contributed by atoms with Gasteiger partial charge in [-0.15, -0.1) is 11.8 Å². The molecule has 1 N–H and O–H groups in total. The third-order valence-electron chi connectivity index (χ3n) is 2.46. The van der Waals surface area contributed by atoms with Crippen LogP contribution in [0, 0.1) is 5.92 Å². The van der Waals surface area contributed by atoms with Crippen LogP contribution in [0.15, 0.2) is 17.4 Å². The van der Waals surface area contributed by atoms with E-state index in [0.717, 1.165) is 24.7 Å². The number of aromatic nitrogens is 2. The average molecular weight is 225 g/mol. The van der Waals surface area contributed by atoms with Gasteiger partial charge in [0.05, 0.1) is 6.61 Å². The summed E-state index contributed by atoms with van der Waals surface area (Å²) in [4.78, 5) is 8.18. The van der Waals surface area contributed by atoms with Crippen molar-refractivity contribution < 1.29 is 4.74 Å². The van der Waals surface area contributed by atoms with Crippen molar-refractivity contribution in [2.24, 2.45) is 5.92 Å². The Morgan fingerprint density at radius 1 is 1.60 bits per heavy atom. The maximum Gasteiger partial charge on any atom is 0.217 e. The molecule has 0 saturated carbocycles. The first kappa shape index (κ1) is 10.7. The normalized spacial score (nSPS) is 20.5. The first-order valence-electron chi connectivity index (χ1n) is 5.08. The summed E-state index contributed by atoms with van der Waals surface area (Å²) in [5.41, 5.74) is 0. The summed E-state index contributed by atoms with van der Waals surface area (Å²) in [5, 5.41) is 4.26. The molecule has 1 unspecified atom stereocenters. The van der Waals surface area contributed by atoms with Crippen molar-refractivity contribution in [3.63, 3.8) is 0 Å². The summed E-state index contributed by atoms with van der Waals surface area (Å²) in [6.45, 7) is 2.91. The third-order valence-corrected chi connectivity index (χ3v) is 3.10. The maximum atomic E-state index is 5.63. The quantitative estimate of drug-likeness (QED) is 0.616. The number of nitrogens with one attached hydrogen (secondary N) is 1. The molecule has 0 aromatic carbocycles. The smallest absolute Gasteiger partial charge is 0.217 e. The molecule has 2 rings (SSSR count). The molecule has 0 aliphatic carbocycles. The van der Waals surface area contributed by atoms with Crippen molar-refractivity contribution in [1.29, 1.82) is 0 Å². The Hall–Kier alpha value is -0.810. The van der Waals surface area contributed by atoms with E-state index in [-0.39, 0.29) is 0 Å². The fourth-order valence-corrected chi connectivity index (χ4v) is 1.94. The minimum Gasteiger partial charge on any atom is -0.477 e. The number of hydrogen-bond acceptors (Lipinski definition) is 5. The van der Waals surface area contributed by atoms with Gasteiger partial charge in [-0.1, -0.05) is 0 Å². The van der Waals surface area contributed by atoms with E-state index >= 15 is 0 Å². The second kappa shape index (κ2) is 5.32. The number of rotatable bonds is 4. The first-order valence-corrected chi connectivity index (χ1v) is 6.30. The zero-order valence-corrected chi connectivity index (χ0v) is 9.59. The number of nitrogens with zero attached hydrogens (tertiary/aromatic N) is 2. The number of thioether (sulfide) groups is 1. The summed E-state index contributed by atoms with van der Waals surface area (Å²) in [6.07, 6.45) is 4.74. The Kier molecular flexibility index (Phi) is 3.80. The first-order chi connectivity index (χ1) is 7.38. The minimum atomic E-state index is 0.623. The van der Waals surface area contributed by atoms with Gasteiger partial charge in [-0.3, -0.25) is 0 Å². The van der Waals surface area contributed by atoms with Gasteiger partial charge >= 0.3 is 0 Å². The molecule has 4 nitrogen and oxygen atoms in total. The molecule has 1 aromatic rings. The fourth-order valence-electron chi connectivity index (χ4n) is 1.57. The molecule has 15 heavy (non-hydrogen) atoms. The summed E-state index contributed by atoms with van der Waals surface area (Å²) in [7, 11) is 0. The largest absolute Gasteiger partial charge is 0.477 e. The number of ether oxygens (including phenoxy) is 1. The van der Waals surface area contributed by atoms with Crippen molar-refractivity contribution in [1.82, 2.24) is 15.3 Å². The van der Waals surface area contributed by atoms with Gasteiger partial charge in [-0.2, -0.15) is 0 Å². The van der Waals surface area contributed by atoms with Gasteiger partial charge in [0.1, 0.15) is 11.4 Å².